The first-order valence-corrected chi connectivity index (χ1v) is 7.39. The molecule has 0 aliphatic rings. The van der Waals surface area contributed by atoms with Crippen LogP contribution < -0.4 is 4.13 Å². The van der Waals surface area contributed by atoms with Crippen LogP contribution in [0.25, 0.3) is 0 Å². The molecule has 1 aromatic carbocycles. The lowest BCUT2D eigenvalue weighted by atomic mass is 10.1. The Morgan fingerprint density at radius 3 is 1.65 bits per heavy atom. The van der Waals surface area contributed by atoms with E-state index in [2.05, 4.69) is 0 Å². The summed E-state index contributed by atoms with van der Waals surface area (Å²) in [5, 5.41) is 17.4. The molecule has 12 heteroatoms. The molecular weight excluding hydrogens is 321 g/mol. The number of sulfonamides is 1. The van der Waals surface area contributed by atoms with E-state index < -0.39 is 48.4 Å². The van der Waals surface area contributed by atoms with E-state index >= 15 is 0 Å². The first-order chi connectivity index (χ1) is 8.92. The largest absolute Gasteiger partial charge is 0.478 e. The number of carboxylic acid groups (broad SMARTS) is 2. The van der Waals surface area contributed by atoms with E-state index in [0.29, 0.717) is 22.3 Å². The number of halogens is 1. The Bertz CT molecular complexity index is 750. The maximum atomic E-state index is 12.3. The van der Waals surface area contributed by atoms with Crippen molar-refractivity contribution in [3.05, 3.63) is 29.3 Å². The predicted octanol–water partition coefficient (Wildman–Crippen LogP) is -0.424. The Morgan fingerprint density at radius 1 is 0.950 bits per heavy atom. The smallest absolute Gasteiger partial charge is 0.385 e. The number of aromatic carboxylic acids is 2. The third-order valence-electron chi connectivity index (χ3n) is 1.92. The van der Waals surface area contributed by atoms with Crippen LogP contribution in [0.15, 0.2) is 23.1 Å². The highest BCUT2D eigenvalue weighted by atomic mass is 32.3. The SMILES string of the molecule is O=C(O)c1cc(C(=O)O)cc(S(=O)(=O)NS(=O)(=O)F)c1. The molecule has 0 amide bonds. The fourth-order valence-corrected chi connectivity index (χ4v) is 3.18. The minimum absolute atomic E-state index is 0.488. The van der Waals surface area contributed by atoms with Gasteiger partial charge in [0.1, 0.15) is 0 Å². The third kappa shape index (κ3) is 3.97. The van der Waals surface area contributed by atoms with Gasteiger partial charge in [0.25, 0.3) is 10.0 Å². The van der Waals surface area contributed by atoms with Crippen LogP contribution in [0.2, 0.25) is 0 Å². The van der Waals surface area contributed by atoms with Crippen LogP contribution in [0.5, 0.6) is 0 Å². The Balaban J connectivity index is 3.52. The summed E-state index contributed by atoms with van der Waals surface area (Å²) in [5.41, 5.74) is -1.44. The first-order valence-electron chi connectivity index (χ1n) is 4.52. The molecule has 0 bridgehead atoms. The van der Waals surface area contributed by atoms with Gasteiger partial charge in [0.15, 0.2) is 0 Å². The average molecular weight is 327 g/mol. The van der Waals surface area contributed by atoms with Gasteiger partial charge >= 0.3 is 22.3 Å². The van der Waals surface area contributed by atoms with E-state index in [1.165, 1.54) is 0 Å². The molecule has 0 saturated heterocycles. The summed E-state index contributed by atoms with van der Waals surface area (Å²) in [4.78, 5) is 20.5. The lowest BCUT2D eigenvalue weighted by molar-refractivity contribution is 0.0696. The summed E-state index contributed by atoms with van der Waals surface area (Å²) < 4.78 is 56.5. The van der Waals surface area contributed by atoms with E-state index in [0.717, 1.165) is 0 Å². The standard InChI is InChI=1S/C8H6FNO8S2/c9-20(17,18)10-19(15,16)6-2-4(7(11)12)1-5(3-6)8(13)14/h1-3,10H,(H,11,12)(H,13,14). The van der Waals surface area contributed by atoms with E-state index in [1.54, 1.807) is 0 Å². The predicted molar refractivity (Wildman–Crippen MR) is 60.7 cm³/mol. The molecule has 0 aromatic heterocycles. The zero-order valence-corrected chi connectivity index (χ0v) is 10.9. The lowest BCUT2D eigenvalue weighted by Crippen LogP contribution is -2.27. The highest BCUT2D eigenvalue weighted by Gasteiger charge is 2.25. The second-order valence-electron chi connectivity index (χ2n) is 3.38. The monoisotopic (exact) mass is 327 g/mol. The maximum absolute atomic E-state index is 12.3. The van der Waals surface area contributed by atoms with Crippen molar-refractivity contribution >= 4 is 32.4 Å². The normalized spacial score (nSPS) is 12.1. The summed E-state index contributed by atoms with van der Waals surface area (Å²) in [5.74, 6) is -3.29. The summed E-state index contributed by atoms with van der Waals surface area (Å²) in [6, 6.07) is 1.64. The minimum Gasteiger partial charge on any atom is -0.478 e. The number of rotatable bonds is 5. The topological polar surface area (TPSA) is 155 Å². The van der Waals surface area contributed by atoms with Crippen molar-refractivity contribution in [1.82, 2.24) is 4.13 Å². The summed E-state index contributed by atoms with van der Waals surface area (Å²) in [6.07, 6.45) is 0. The molecule has 0 heterocycles. The van der Waals surface area contributed by atoms with Crippen molar-refractivity contribution in [3.63, 3.8) is 0 Å². The first kappa shape index (κ1) is 16.0. The van der Waals surface area contributed by atoms with Gasteiger partial charge in [-0.25, -0.2) is 18.0 Å². The van der Waals surface area contributed by atoms with Crippen LogP contribution in [0.1, 0.15) is 20.7 Å². The molecule has 0 aliphatic heterocycles. The van der Waals surface area contributed by atoms with Crippen LogP contribution in [0, 0.1) is 0 Å². The molecule has 0 atom stereocenters. The molecule has 0 saturated carbocycles. The molecule has 3 N–H and O–H groups in total. The Labute approximate surface area is 112 Å². The number of benzene rings is 1. The van der Waals surface area contributed by atoms with Crippen molar-refractivity contribution in [2.24, 2.45) is 0 Å². The molecule has 110 valence electrons. The number of hydrogen-bond donors (Lipinski definition) is 3. The summed E-state index contributed by atoms with van der Waals surface area (Å²) in [7, 11) is -10.6. The van der Waals surface area contributed by atoms with Gasteiger partial charge in [0.2, 0.25) is 0 Å². The van der Waals surface area contributed by atoms with Crippen LogP contribution in [0.3, 0.4) is 0 Å². The number of hydrogen-bond acceptors (Lipinski definition) is 6. The Kier molecular flexibility index (Phi) is 4.12. The zero-order chi connectivity index (χ0) is 15.7. The highest BCUT2D eigenvalue weighted by molar-refractivity contribution is 8.02. The van der Waals surface area contributed by atoms with Gasteiger partial charge in [0.05, 0.1) is 16.0 Å². The molecule has 9 nitrogen and oxygen atoms in total. The van der Waals surface area contributed by atoms with E-state index in [4.69, 9.17) is 10.2 Å². The molecule has 0 radical (unpaired) electrons. The van der Waals surface area contributed by atoms with Crippen molar-refractivity contribution in [2.45, 2.75) is 4.90 Å². The van der Waals surface area contributed by atoms with Crippen molar-refractivity contribution in [1.29, 1.82) is 0 Å². The van der Waals surface area contributed by atoms with Crippen molar-refractivity contribution in [3.8, 4) is 0 Å². The van der Waals surface area contributed by atoms with E-state index in [-0.39, 0.29) is 0 Å². The summed E-state index contributed by atoms with van der Waals surface area (Å²) >= 11 is 0. The average Bonchev–Trinajstić information content (AvgIpc) is 2.25. The second kappa shape index (κ2) is 5.15. The van der Waals surface area contributed by atoms with Crippen molar-refractivity contribution in [2.75, 3.05) is 0 Å². The zero-order valence-electron chi connectivity index (χ0n) is 9.27. The molecule has 0 fully saturated rings. The van der Waals surface area contributed by atoms with Gasteiger partial charge in [-0.15, -0.1) is 0 Å². The van der Waals surface area contributed by atoms with Crippen LogP contribution in [-0.4, -0.2) is 39.0 Å². The fourth-order valence-electron chi connectivity index (χ4n) is 1.18. The number of nitrogens with one attached hydrogen (secondary N) is 1. The van der Waals surface area contributed by atoms with Gasteiger partial charge in [-0.2, -0.15) is 8.42 Å². The van der Waals surface area contributed by atoms with Crippen LogP contribution in [-0.2, 0) is 20.4 Å². The molecule has 20 heavy (non-hydrogen) atoms. The van der Waals surface area contributed by atoms with Crippen LogP contribution in [0.4, 0.5) is 3.89 Å². The molecule has 1 rings (SSSR count). The van der Waals surface area contributed by atoms with E-state index in [9.17, 15) is 30.3 Å². The number of carboxylic acids is 2. The maximum Gasteiger partial charge on any atom is 0.385 e. The molecule has 0 spiro atoms. The number of carbonyl (C=O) groups is 2. The molecule has 0 aliphatic carbocycles. The van der Waals surface area contributed by atoms with Crippen molar-refractivity contribution < 1.29 is 40.5 Å². The molecule has 0 unspecified atom stereocenters. The molecule has 1 aromatic rings. The molecular formula is C8H6FNO8S2. The van der Waals surface area contributed by atoms with Crippen LogP contribution >= 0.6 is 0 Å². The minimum atomic E-state index is -5.63. The third-order valence-corrected chi connectivity index (χ3v) is 4.45. The lowest BCUT2D eigenvalue weighted by Gasteiger charge is -2.06. The Hall–Kier alpha value is -2.05. The van der Waals surface area contributed by atoms with Gasteiger partial charge in [-0.3, -0.25) is 0 Å². The van der Waals surface area contributed by atoms with Gasteiger partial charge < -0.3 is 10.2 Å². The Morgan fingerprint density at radius 2 is 1.35 bits per heavy atom. The highest BCUT2D eigenvalue weighted by Crippen LogP contribution is 2.16. The quantitative estimate of drug-likeness (QED) is 0.615. The second-order valence-corrected chi connectivity index (χ2v) is 6.40. The summed E-state index contributed by atoms with van der Waals surface area (Å²) in [6.45, 7) is 0. The van der Waals surface area contributed by atoms with E-state index in [1.807, 2.05) is 0 Å². The van der Waals surface area contributed by atoms with Gasteiger partial charge in [0, 0.05) is 0 Å². The van der Waals surface area contributed by atoms with Gasteiger partial charge in [-0.1, -0.05) is 8.01 Å². The fraction of sp³-hybridized carbons (Fsp3) is 0. The van der Waals surface area contributed by atoms with Gasteiger partial charge in [-0.05, 0) is 18.2 Å².